The van der Waals surface area contributed by atoms with E-state index in [0.29, 0.717) is 6.42 Å². The first-order chi connectivity index (χ1) is 13.2. The van der Waals surface area contributed by atoms with Gasteiger partial charge in [-0.3, -0.25) is 4.79 Å². The molecule has 0 unspecified atom stereocenters. The molecule has 150 valence electrons. The SMILES string of the molecule is COc1ccc2c(c1)[C@H](NC(=O)[C@H](C)Oc1cc(C)ccc1C)CC(C)(C)O2. The highest BCUT2D eigenvalue weighted by molar-refractivity contribution is 5.81. The molecule has 0 fully saturated rings. The average molecular weight is 383 g/mol. The van der Waals surface area contributed by atoms with Gasteiger partial charge in [-0.15, -0.1) is 0 Å². The molecule has 2 aromatic carbocycles. The number of benzene rings is 2. The van der Waals surface area contributed by atoms with Crippen molar-refractivity contribution in [1.82, 2.24) is 5.32 Å². The molecule has 1 N–H and O–H groups in total. The minimum absolute atomic E-state index is 0.155. The molecule has 1 heterocycles. The van der Waals surface area contributed by atoms with Gasteiger partial charge < -0.3 is 19.5 Å². The van der Waals surface area contributed by atoms with E-state index in [1.165, 1.54) is 0 Å². The summed E-state index contributed by atoms with van der Waals surface area (Å²) in [4.78, 5) is 12.9. The molecule has 0 radical (unpaired) electrons. The lowest BCUT2D eigenvalue weighted by Crippen LogP contribution is -2.44. The molecule has 0 saturated carbocycles. The summed E-state index contributed by atoms with van der Waals surface area (Å²) in [6, 6.07) is 11.5. The average Bonchev–Trinajstić information content (AvgIpc) is 2.63. The van der Waals surface area contributed by atoms with Crippen LogP contribution in [0.5, 0.6) is 17.2 Å². The third-order valence-electron chi connectivity index (χ3n) is 5.01. The third-order valence-corrected chi connectivity index (χ3v) is 5.01. The van der Waals surface area contributed by atoms with E-state index in [0.717, 1.165) is 33.9 Å². The van der Waals surface area contributed by atoms with Gasteiger partial charge in [-0.1, -0.05) is 12.1 Å². The number of amides is 1. The Morgan fingerprint density at radius 3 is 2.68 bits per heavy atom. The second-order valence-electron chi connectivity index (χ2n) is 8.06. The van der Waals surface area contributed by atoms with Crippen molar-refractivity contribution in [2.24, 2.45) is 0 Å². The fraction of sp³-hybridized carbons (Fsp3) is 0.435. The number of aryl methyl sites for hydroxylation is 2. The van der Waals surface area contributed by atoms with Crippen LogP contribution in [0.2, 0.25) is 0 Å². The molecule has 1 amide bonds. The van der Waals surface area contributed by atoms with Crippen molar-refractivity contribution in [3.05, 3.63) is 53.1 Å². The van der Waals surface area contributed by atoms with E-state index >= 15 is 0 Å². The van der Waals surface area contributed by atoms with Crippen molar-refractivity contribution >= 4 is 5.91 Å². The molecule has 28 heavy (non-hydrogen) atoms. The number of fused-ring (bicyclic) bond motifs is 1. The highest BCUT2D eigenvalue weighted by Gasteiger charge is 2.35. The van der Waals surface area contributed by atoms with E-state index in [4.69, 9.17) is 14.2 Å². The van der Waals surface area contributed by atoms with Gasteiger partial charge in [0.15, 0.2) is 6.10 Å². The van der Waals surface area contributed by atoms with E-state index in [1.807, 2.05) is 64.1 Å². The second-order valence-corrected chi connectivity index (χ2v) is 8.06. The summed E-state index contributed by atoms with van der Waals surface area (Å²) in [5.41, 5.74) is 2.65. The maximum absolute atomic E-state index is 12.9. The van der Waals surface area contributed by atoms with Crippen molar-refractivity contribution in [3.63, 3.8) is 0 Å². The van der Waals surface area contributed by atoms with Crippen LogP contribution in [0.4, 0.5) is 0 Å². The Hall–Kier alpha value is -2.69. The number of ether oxygens (including phenoxy) is 3. The van der Waals surface area contributed by atoms with Crippen LogP contribution < -0.4 is 19.5 Å². The summed E-state index contributed by atoms with van der Waals surface area (Å²) in [6.07, 6.45) is 0.0512. The summed E-state index contributed by atoms with van der Waals surface area (Å²) in [6.45, 7) is 9.80. The lowest BCUT2D eigenvalue weighted by Gasteiger charge is -2.38. The molecule has 3 rings (SSSR count). The lowest BCUT2D eigenvalue weighted by atomic mass is 9.89. The fourth-order valence-electron chi connectivity index (χ4n) is 3.46. The van der Waals surface area contributed by atoms with Crippen molar-refractivity contribution in [1.29, 1.82) is 0 Å². The number of rotatable bonds is 5. The summed E-state index contributed by atoms with van der Waals surface area (Å²) in [5, 5.41) is 3.14. The quantitative estimate of drug-likeness (QED) is 0.826. The molecular weight excluding hydrogens is 354 g/mol. The van der Waals surface area contributed by atoms with Gasteiger partial charge in [0.2, 0.25) is 0 Å². The van der Waals surface area contributed by atoms with Crippen LogP contribution in [-0.4, -0.2) is 24.7 Å². The summed E-state index contributed by atoms with van der Waals surface area (Å²) in [5.74, 6) is 2.08. The van der Waals surface area contributed by atoms with Crippen LogP contribution in [0.15, 0.2) is 36.4 Å². The van der Waals surface area contributed by atoms with Gasteiger partial charge in [0.25, 0.3) is 5.91 Å². The van der Waals surface area contributed by atoms with Crippen LogP contribution in [-0.2, 0) is 4.79 Å². The van der Waals surface area contributed by atoms with E-state index in [2.05, 4.69) is 5.32 Å². The van der Waals surface area contributed by atoms with E-state index in [-0.39, 0.29) is 17.6 Å². The molecule has 0 aliphatic carbocycles. The highest BCUT2D eigenvalue weighted by atomic mass is 16.5. The van der Waals surface area contributed by atoms with Gasteiger partial charge in [0.05, 0.1) is 13.2 Å². The van der Waals surface area contributed by atoms with E-state index < -0.39 is 6.10 Å². The maximum atomic E-state index is 12.9. The Kier molecular flexibility index (Phi) is 5.54. The van der Waals surface area contributed by atoms with Crippen LogP contribution >= 0.6 is 0 Å². The number of carbonyl (C=O) groups is 1. The molecule has 2 aromatic rings. The molecule has 0 bridgehead atoms. The van der Waals surface area contributed by atoms with Crippen molar-refractivity contribution < 1.29 is 19.0 Å². The van der Waals surface area contributed by atoms with Gasteiger partial charge in [-0.2, -0.15) is 0 Å². The molecule has 5 nitrogen and oxygen atoms in total. The fourth-order valence-corrected chi connectivity index (χ4v) is 3.46. The predicted molar refractivity (Wildman–Crippen MR) is 109 cm³/mol. The summed E-state index contributed by atoms with van der Waals surface area (Å²) in [7, 11) is 1.63. The Morgan fingerprint density at radius 2 is 1.96 bits per heavy atom. The standard InChI is InChI=1S/C23H29NO4/c1-14-7-8-15(2)21(11-14)27-16(3)22(25)24-19-13-23(4,5)28-20-10-9-17(26-6)12-18(19)20/h7-12,16,19H,13H2,1-6H3,(H,24,25)/t16-,19+/m0/s1. The Morgan fingerprint density at radius 1 is 1.21 bits per heavy atom. The van der Waals surface area contributed by atoms with E-state index in [9.17, 15) is 4.79 Å². The second kappa shape index (κ2) is 7.74. The predicted octanol–water partition coefficient (Wildman–Crippen LogP) is 4.50. The highest BCUT2D eigenvalue weighted by Crippen LogP contribution is 2.41. The van der Waals surface area contributed by atoms with Crippen LogP contribution in [0, 0.1) is 13.8 Å². The van der Waals surface area contributed by atoms with Crippen LogP contribution in [0.1, 0.15) is 49.9 Å². The van der Waals surface area contributed by atoms with Gasteiger partial charge in [-0.05, 0) is 70.0 Å². The van der Waals surface area contributed by atoms with Crippen molar-refractivity contribution in [2.75, 3.05) is 7.11 Å². The zero-order chi connectivity index (χ0) is 20.5. The minimum Gasteiger partial charge on any atom is -0.497 e. The third kappa shape index (κ3) is 4.41. The molecule has 2 atom stereocenters. The van der Waals surface area contributed by atoms with Crippen LogP contribution in [0.25, 0.3) is 0 Å². The molecule has 5 heteroatoms. The molecule has 1 aliphatic rings. The van der Waals surface area contributed by atoms with Gasteiger partial charge in [-0.25, -0.2) is 0 Å². The number of hydrogen-bond acceptors (Lipinski definition) is 4. The minimum atomic E-state index is -0.611. The molecule has 0 saturated heterocycles. The zero-order valence-corrected chi connectivity index (χ0v) is 17.5. The Balaban J connectivity index is 1.78. The summed E-state index contributed by atoms with van der Waals surface area (Å²) >= 11 is 0. The van der Waals surface area contributed by atoms with Gasteiger partial charge in [0, 0.05) is 12.0 Å². The smallest absolute Gasteiger partial charge is 0.261 e. The molecule has 0 spiro atoms. The van der Waals surface area contributed by atoms with Crippen LogP contribution in [0.3, 0.4) is 0 Å². The summed E-state index contributed by atoms with van der Waals surface area (Å²) < 4.78 is 17.4. The molecule has 0 aromatic heterocycles. The zero-order valence-electron chi connectivity index (χ0n) is 17.5. The number of nitrogens with one attached hydrogen (secondary N) is 1. The van der Waals surface area contributed by atoms with Crippen molar-refractivity contribution in [2.45, 2.75) is 58.8 Å². The number of carbonyl (C=O) groups excluding carboxylic acids is 1. The maximum Gasteiger partial charge on any atom is 0.261 e. The normalized spacial score (nSPS) is 18.4. The first-order valence-corrected chi connectivity index (χ1v) is 9.60. The van der Waals surface area contributed by atoms with Crippen molar-refractivity contribution in [3.8, 4) is 17.2 Å². The Labute approximate surface area is 167 Å². The Bertz CT molecular complexity index is 875. The monoisotopic (exact) mass is 383 g/mol. The first-order valence-electron chi connectivity index (χ1n) is 9.60. The number of hydrogen-bond donors (Lipinski definition) is 1. The molecular formula is C23H29NO4. The molecule has 1 aliphatic heterocycles. The number of methoxy groups -OCH3 is 1. The van der Waals surface area contributed by atoms with Gasteiger partial charge in [0.1, 0.15) is 22.8 Å². The largest absolute Gasteiger partial charge is 0.497 e. The van der Waals surface area contributed by atoms with Gasteiger partial charge >= 0.3 is 0 Å². The topological polar surface area (TPSA) is 56.8 Å². The first kappa shape index (κ1) is 20.1. The lowest BCUT2D eigenvalue weighted by molar-refractivity contribution is -0.128. The van der Waals surface area contributed by atoms with E-state index in [1.54, 1.807) is 14.0 Å².